The van der Waals surface area contributed by atoms with E-state index < -0.39 is 0 Å². The third kappa shape index (κ3) is 5.66. The first-order chi connectivity index (χ1) is 13.0. The average molecular weight is 425 g/mol. The van der Waals surface area contributed by atoms with Gasteiger partial charge in [0, 0.05) is 41.2 Å². The van der Waals surface area contributed by atoms with Crippen LogP contribution in [-0.4, -0.2) is 11.5 Å². The van der Waals surface area contributed by atoms with E-state index in [0.717, 1.165) is 23.5 Å². The van der Waals surface area contributed by atoms with Gasteiger partial charge in [-0.25, -0.2) is 9.37 Å². The molecule has 0 radical (unpaired) electrons. The minimum Gasteiger partial charge on any atom is -0.489 e. The molecule has 2 aromatic carbocycles. The lowest BCUT2D eigenvalue weighted by molar-refractivity contribution is 0.300. The maximum absolute atomic E-state index is 13.8. The number of thiazole rings is 1. The first-order valence-electron chi connectivity index (χ1n) is 8.49. The molecule has 1 N–H and O–H groups in total. The van der Waals surface area contributed by atoms with Crippen molar-refractivity contribution in [3.8, 4) is 5.75 Å². The fourth-order valence-corrected chi connectivity index (χ4v) is 3.76. The first kappa shape index (κ1) is 20.1. The van der Waals surface area contributed by atoms with Crippen molar-refractivity contribution in [3.63, 3.8) is 0 Å². The van der Waals surface area contributed by atoms with Crippen molar-refractivity contribution in [2.45, 2.75) is 26.5 Å². The minimum atomic E-state index is -0.384. The quantitative estimate of drug-likeness (QED) is 0.463. The summed E-state index contributed by atoms with van der Waals surface area (Å²) < 4.78 is 19.4. The Bertz CT molecular complexity index is 896. The maximum Gasteiger partial charge on any atom is 0.131 e. The topological polar surface area (TPSA) is 34.2 Å². The van der Waals surface area contributed by atoms with E-state index in [-0.39, 0.29) is 12.4 Å². The maximum atomic E-state index is 13.8. The molecule has 0 spiro atoms. The van der Waals surface area contributed by atoms with Gasteiger partial charge in [-0.15, -0.1) is 11.3 Å². The van der Waals surface area contributed by atoms with Crippen LogP contribution >= 0.6 is 34.5 Å². The number of aryl methyl sites for hydroxylation is 1. The van der Waals surface area contributed by atoms with Crippen LogP contribution in [0, 0.1) is 12.7 Å². The van der Waals surface area contributed by atoms with Gasteiger partial charge in [-0.3, -0.25) is 0 Å². The third-order valence-electron chi connectivity index (χ3n) is 3.97. The molecule has 3 nitrogen and oxygen atoms in total. The summed E-state index contributed by atoms with van der Waals surface area (Å²) in [5.41, 5.74) is 1.31. The monoisotopic (exact) mass is 424 g/mol. The second-order valence-corrected chi connectivity index (χ2v) is 8.17. The number of benzene rings is 2. The average Bonchev–Trinajstić information content (AvgIpc) is 3.05. The van der Waals surface area contributed by atoms with Gasteiger partial charge in [0.2, 0.25) is 0 Å². The molecule has 0 saturated carbocycles. The lowest BCUT2D eigenvalue weighted by Crippen LogP contribution is -2.16. The molecule has 0 unspecified atom stereocenters. The summed E-state index contributed by atoms with van der Waals surface area (Å²) in [6.45, 7) is 3.58. The normalized spacial score (nSPS) is 11.0. The molecule has 0 atom stereocenters. The van der Waals surface area contributed by atoms with Gasteiger partial charge in [0.15, 0.2) is 0 Å². The molecule has 142 valence electrons. The molecule has 3 aromatic rings. The first-order valence-corrected chi connectivity index (χ1v) is 10.1. The van der Waals surface area contributed by atoms with Crippen LogP contribution in [0.3, 0.4) is 0 Å². The Hall–Kier alpha value is -1.66. The molecule has 27 heavy (non-hydrogen) atoms. The molecule has 0 aliphatic heterocycles. The van der Waals surface area contributed by atoms with E-state index in [1.807, 2.05) is 18.3 Å². The minimum absolute atomic E-state index is 0.0483. The van der Waals surface area contributed by atoms with E-state index in [1.165, 1.54) is 10.9 Å². The predicted octanol–water partition coefficient (Wildman–Crippen LogP) is 5.81. The van der Waals surface area contributed by atoms with Gasteiger partial charge >= 0.3 is 0 Å². The van der Waals surface area contributed by atoms with Crippen LogP contribution < -0.4 is 10.1 Å². The smallest absolute Gasteiger partial charge is 0.131 e. The Morgan fingerprint density at radius 2 is 2.04 bits per heavy atom. The van der Waals surface area contributed by atoms with Crippen molar-refractivity contribution in [2.75, 3.05) is 6.54 Å². The molecule has 0 aliphatic carbocycles. The number of nitrogens with zero attached hydrogens (tertiary/aromatic N) is 1. The van der Waals surface area contributed by atoms with Crippen molar-refractivity contribution in [3.05, 3.63) is 79.5 Å². The van der Waals surface area contributed by atoms with Crippen LogP contribution in [0.1, 0.15) is 21.0 Å². The van der Waals surface area contributed by atoms with E-state index >= 15 is 0 Å². The summed E-state index contributed by atoms with van der Waals surface area (Å²) in [6.07, 6.45) is 2.78. The van der Waals surface area contributed by atoms with Crippen LogP contribution in [0.4, 0.5) is 4.39 Å². The Morgan fingerprint density at radius 1 is 1.19 bits per heavy atom. The predicted molar refractivity (Wildman–Crippen MR) is 109 cm³/mol. The van der Waals surface area contributed by atoms with Crippen molar-refractivity contribution in [2.24, 2.45) is 0 Å². The fourth-order valence-electron chi connectivity index (χ4n) is 2.52. The lowest BCUT2D eigenvalue weighted by atomic mass is 10.2. The molecule has 0 amide bonds. The van der Waals surface area contributed by atoms with Gasteiger partial charge in [-0.2, -0.15) is 0 Å². The second-order valence-electron chi connectivity index (χ2n) is 6.03. The van der Waals surface area contributed by atoms with Crippen molar-refractivity contribution in [1.82, 2.24) is 10.3 Å². The van der Waals surface area contributed by atoms with Gasteiger partial charge in [0.1, 0.15) is 18.2 Å². The van der Waals surface area contributed by atoms with Crippen molar-refractivity contribution >= 4 is 34.5 Å². The number of aromatic nitrogens is 1. The zero-order valence-corrected chi connectivity index (χ0v) is 17.1. The van der Waals surface area contributed by atoms with E-state index in [9.17, 15) is 4.39 Å². The molecule has 3 rings (SSSR count). The summed E-state index contributed by atoms with van der Waals surface area (Å²) in [4.78, 5) is 5.57. The Kier molecular flexibility index (Phi) is 7.07. The van der Waals surface area contributed by atoms with Crippen molar-refractivity contribution < 1.29 is 9.13 Å². The Labute approximate surface area is 172 Å². The van der Waals surface area contributed by atoms with Crippen LogP contribution in [-0.2, 0) is 19.6 Å². The summed E-state index contributed by atoms with van der Waals surface area (Å²) in [5, 5.41) is 5.44. The van der Waals surface area contributed by atoms with Gasteiger partial charge < -0.3 is 10.1 Å². The summed E-state index contributed by atoms with van der Waals surface area (Å²) in [6, 6.07) is 10.0. The van der Waals surface area contributed by atoms with Gasteiger partial charge in [-0.05, 0) is 36.8 Å². The highest BCUT2D eigenvalue weighted by molar-refractivity contribution is 7.11. The number of ether oxygens (including phenoxy) is 1. The highest BCUT2D eigenvalue weighted by Crippen LogP contribution is 2.25. The summed E-state index contributed by atoms with van der Waals surface area (Å²) in [7, 11) is 0. The zero-order valence-electron chi connectivity index (χ0n) is 14.8. The highest BCUT2D eigenvalue weighted by atomic mass is 35.5. The summed E-state index contributed by atoms with van der Waals surface area (Å²) >= 11 is 14.1. The van der Waals surface area contributed by atoms with Crippen LogP contribution in [0.2, 0.25) is 10.0 Å². The number of hydrogen-bond acceptors (Lipinski definition) is 4. The number of nitrogens with one attached hydrogen (secondary N) is 1. The van der Waals surface area contributed by atoms with Crippen LogP contribution in [0.5, 0.6) is 5.75 Å². The molecule has 1 heterocycles. The third-order valence-corrected chi connectivity index (χ3v) is 5.65. The Balaban J connectivity index is 1.51. The zero-order chi connectivity index (χ0) is 19.2. The molecular formula is C20H19Cl2FN2OS. The van der Waals surface area contributed by atoms with Gasteiger partial charge in [-0.1, -0.05) is 35.3 Å². The SMILES string of the molecule is Cc1cnc(CCNCc2ccc(OCc3c(F)cccc3Cl)cc2Cl)s1. The van der Waals surface area contributed by atoms with Crippen LogP contribution in [0.25, 0.3) is 0 Å². The lowest BCUT2D eigenvalue weighted by Gasteiger charge is -2.11. The standard InChI is InChI=1S/C20H19Cl2FN2OS/c1-13-10-25-20(27-13)7-8-24-11-14-5-6-15(9-18(14)22)26-12-16-17(21)3-2-4-19(16)23/h2-6,9-10,24H,7-8,11-12H2,1H3. The number of halogens is 3. The summed E-state index contributed by atoms with van der Waals surface area (Å²) in [5.74, 6) is 0.186. The van der Waals surface area contributed by atoms with Crippen molar-refractivity contribution in [1.29, 1.82) is 0 Å². The van der Waals surface area contributed by atoms with Gasteiger partial charge in [0.25, 0.3) is 0 Å². The molecule has 1 aromatic heterocycles. The molecule has 0 aliphatic rings. The number of rotatable bonds is 8. The van der Waals surface area contributed by atoms with E-state index in [4.69, 9.17) is 27.9 Å². The van der Waals surface area contributed by atoms with Gasteiger partial charge in [0.05, 0.1) is 10.0 Å². The van der Waals surface area contributed by atoms with E-state index in [0.29, 0.717) is 27.9 Å². The fraction of sp³-hybridized carbons (Fsp3) is 0.250. The van der Waals surface area contributed by atoms with E-state index in [2.05, 4.69) is 17.2 Å². The molecule has 0 bridgehead atoms. The Morgan fingerprint density at radius 3 is 2.74 bits per heavy atom. The molecule has 0 fully saturated rings. The highest BCUT2D eigenvalue weighted by Gasteiger charge is 2.09. The number of hydrogen-bond donors (Lipinski definition) is 1. The van der Waals surface area contributed by atoms with E-state index in [1.54, 1.807) is 29.5 Å². The largest absolute Gasteiger partial charge is 0.489 e. The molecular weight excluding hydrogens is 406 g/mol. The second kappa shape index (κ2) is 9.51. The van der Waals surface area contributed by atoms with Crippen LogP contribution in [0.15, 0.2) is 42.6 Å². The molecule has 7 heteroatoms. The molecule has 0 saturated heterocycles.